The summed E-state index contributed by atoms with van der Waals surface area (Å²) in [4.78, 5) is 11.8. The van der Waals surface area contributed by atoms with Gasteiger partial charge in [0.15, 0.2) is 6.61 Å². The lowest BCUT2D eigenvalue weighted by molar-refractivity contribution is -0.123. The molecule has 0 aliphatic rings. The fourth-order valence-electron chi connectivity index (χ4n) is 2.42. The van der Waals surface area contributed by atoms with Gasteiger partial charge < -0.3 is 9.47 Å². The lowest BCUT2D eigenvalue weighted by Gasteiger charge is -2.07. The molecule has 0 bridgehead atoms. The van der Waals surface area contributed by atoms with E-state index in [0.29, 0.717) is 17.4 Å². The summed E-state index contributed by atoms with van der Waals surface area (Å²) in [5, 5.41) is 4.38. The minimum absolute atomic E-state index is 0.174. The van der Waals surface area contributed by atoms with Gasteiger partial charge in [-0.1, -0.05) is 53.6 Å². The molecule has 5 nitrogen and oxygen atoms in total. The van der Waals surface area contributed by atoms with Gasteiger partial charge in [-0.3, -0.25) is 4.79 Å². The highest BCUT2D eigenvalue weighted by molar-refractivity contribution is 6.32. The van der Waals surface area contributed by atoms with Gasteiger partial charge in [0.05, 0.1) is 11.2 Å². The van der Waals surface area contributed by atoms with Crippen molar-refractivity contribution in [3.8, 4) is 11.5 Å². The second-order valence-corrected chi connectivity index (χ2v) is 6.76. The van der Waals surface area contributed by atoms with Crippen LogP contribution >= 0.6 is 11.6 Å². The molecular formula is C23H21ClN2O3. The molecule has 148 valence electrons. The summed E-state index contributed by atoms with van der Waals surface area (Å²) in [5.41, 5.74) is 5.59. The Bertz CT molecular complexity index is 970. The highest BCUT2D eigenvalue weighted by Crippen LogP contribution is 2.22. The van der Waals surface area contributed by atoms with Gasteiger partial charge in [0.25, 0.3) is 5.91 Å². The number of carbonyl (C=O) groups excluding carboxylic acids is 1. The van der Waals surface area contributed by atoms with Crippen LogP contribution in [0.15, 0.2) is 77.9 Å². The normalized spacial score (nSPS) is 10.7. The number of halogens is 1. The van der Waals surface area contributed by atoms with Crippen LogP contribution in [-0.2, 0) is 11.4 Å². The summed E-state index contributed by atoms with van der Waals surface area (Å²) in [7, 11) is 0. The second-order valence-electron chi connectivity index (χ2n) is 6.36. The molecule has 1 N–H and O–H groups in total. The summed E-state index contributed by atoms with van der Waals surface area (Å²) >= 11 is 5.97. The molecule has 0 saturated heterocycles. The van der Waals surface area contributed by atoms with Gasteiger partial charge in [-0.15, -0.1) is 0 Å². The lowest BCUT2D eigenvalue weighted by atomic mass is 10.2. The van der Waals surface area contributed by atoms with Gasteiger partial charge in [0.1, 0.15) is 18.1 Å². The third-order valence-corrected chi connectivity index (χ3v) is 4.32. The first-order valence-electron chi connectivity index (χ1n) is 9.08. The van der Waals surface area contributed by atoms with E-state index in [2.05, 4.69) is 41.7 Å². The van der Waals surface area contributed by atoms with Crippen LogP contribution in [0.5, 0.6) is 11.5 Å². The second kappa shape index (κ2) is 10.3. The smallest absolute Gasteiger partial charge is 0.277 e. The number of hydrazone groups is 1. The Morgan fingerprint density at radius 1 is 1.00 bits per heavy atom. The Hall–Kier alpha value is -3.31. The lowest BCUT2D eigenvalue weighted by Crippen LogP contribution is -2.24. The van der Waals surface area contributed by atoms with Crippen molar-refractivity contribution >= 4 is 23.7 Å². The average Bonchev–Trinajstić information content (AvgIpc) is 2.74. The van der Waals surface area contributed by atoms with Gasteiger partial charge in [0.2, 0.25) is 0 Å². The highest BCUT2D eigenvalue weighted by atomic mass is 35.5. The number of hydrogen-bond donors (Lipinski definition) is 1. The third kappa shape index (κ3) is 6.66. The van der Waals surface area contributed by atoms with Gasteiger partial charge in [-0.05, 0) is 54.4 Å². The molecule has 0 spiro atoms. The summed E-state index contributed by atoms with van der Waals surface area (Å²) in [6.07, 6.45) is 1.55. The highest BCUT2D eigenvalue weighted by Gasteiger charge is 2.04. The maximum Gasteiger partial charge on any atom is 0.277 e. The molecule has 6 heteroatoms. The van der Waals surface area contributed by atoms with Crippen molar-refractivity contribution in [2.75, 3.05) is 6.61 Å². The number of benzene rings is 3. The molecule has 0 fully saturated rings. The Morgan fingerprint density at radius 2 is 1.72 bits per heavy atom. The van der Waals surface area contributed by atoms with E-state index in [-0.39, 0.29) is 12.5 Å². The first-order chi connectivity index (χ1) is 14.1. The first kappa shape index (κ1) is 20.4. The number of nitrogens with one attached hydrogen (secondary N) is 1. The Kier molecular flexibility index (Phi) is 7.25. The summed E-state index contributed by atoms with van der Waals surface area (Å²) in [6.45, 7) is 2.39. The Balaban J connectivity index is 1.42. The molecule has 3 rings (SSSR count). The maximum absolute atomic E-state index is 11.8. The molecule has 0 heterocycles. The van der Waals surface area contributed by atoms with E-state index in [0.717, 1.165) is 16.9 Å². The van der Waals surface area contributed by atoms with E-state index in [4.69, 9.17) is 21.1 Å². The SMILES string of the molecule is Cc1ccc(COc2ccc(/C=N\NC(=O)COc3ccccc3Cl)cc2)cc1. The zero-order valence-corrected chi connectivity index (χ0v) is 16.7. The number of nitrogens with zero attached hydrogens (tertiary/aromatic N) is 1. The number of amides is 1. The van der Waals surface area contributed by atoms with Crippen molar-refractivity contribution in [1.29, 1.82) is 0 Å². The van der Waals surface area contributed by atoms with Crippen LogP contribution in [0.1, 0.15) is 16.7 Å². The largest absolute Gasteiger partial charge is 0.489 e. The van der Waals surface area contributed by atoms with Crippen molar-refractivity contribution < 1.29 is 14.3 Å². The number of aryl methyl sites for hydroxylation is 1. The molecule has 0 aliphatic carbocycles. The topological polar surface area (TPSA) is 59.9 Å². The van der Waals surface area contributed by atoms with E-state index in [1.165, 1.54) is 5.56 Å². The van der Waals surface area contributed by atoms with E-state index in [1.54, 1.807) is 30.5 Å². The minimum atomic E-state index is -0.376. The van der Waals surface area contributed by atoms with E-state index in [9.17, 15) is 4.79 Å². The van der Waals surface area contributed by atoms with Crippen LogP contribution in [0.2, 0.25) is 5.02 Å². The number of hydrogen-bond acceptors (Lipinski definition) is 4. The average molecular weight is 409 g/mol. The van der Waals surface area contributed by atoms with Crippen molar-refractivity contribution in [3.63, 3.8) is 0 Å². The van der Waals surface area contributed by atoms with Crippen molar-refractivity contribution in [2.24, 2.45) is 5.10 Å². The molecule has 0 unspecified atom stereocenters. The molecule has 1 amide bonds. The van der Waals surface area contributed by atoms with Gasteiger partial charge in [-0.2, -0.15) is 5.10 Å². The zero-order valence-electron chi connectivity index (χ0n) is 16.0. The van der Waals surface area contributed by atoms with E-state index >= 15 is 0 Å². The van der Waals surface area contributed by atoms with Crippen molar-refractivity contribution in [3.05, 3.63) is 94.5 Å². The fraction of sp³-hybridized carbons (Fsp3) is 0.130. The quantitative estimate of drug-likeness (QED) is 0.432. The predicted octanol–water partition coefficient (Wildman–Crippen LogP) is 4.76. The van der Waals surface area contributed by atoms with E-state index < -0.39 is 0 Å². The molecule has 3 aromatic rings. The van der Waals surface area contributed by atoms with Crippen LogP contribution in [-0.4, -0.2) is 18.7 Å². The van der Waals surface area contributed by atoms with Crippen molar-refractivity contribution in [2.45, 2.75) is 13.5 Å². The third-order valence-electron chi connectivity index (χ3n) is 4.00. The van der Waals surface area contributed by atoms with Crippen molar-refractivity contribution in [1.82, 2.24) is 5.43 Å². The van der Waals surface area contributed by atoms with Crippen LogP contribution in [0, 0.1) is 6.92 Å². The minimum Gasteiger partial charge on any atom is -0.489 e. The van der Waals surface area contributed by atoms with Crippen LogP contribution in [0.3, 0.4) is 0 Å². The van der Waals surface area contributed by atoms with Gasteiger partial charge in [-0.25, -0.2) is 5.43 Å². The van der Waals surface area contributed by atoms with Gasteiger partial charge in [0, 0.05) is 0 Å². The van der Waals surface area contributed by atoms with E-state index in [1.807, 2.05) is 24.3 Å². The standard InChI is InChI=1S/C23H21ClN2O3/c1-17-6-8-19(9-7-17)15-28-20-12-10-18(11-13-20)14-25-26-23(27)16-29-22-5-3-2-4-21(22)24/h2-14H,15-16H2,1H3,(H,26,27)/b25-14-. The molecule has 0 radical (unpaired) electrons. The molecule has 3 aromatic carbocycles. The molecule has 0 saturated carbocycles. The zero-order chi connectivity index (χ0) is 20.5. The molecule has 0 aromatic heterocycles. The molecule has 0 atom stereocenters. The Labute approximate surface area is 174 Å². The number of para-hydroxylation sites is 1. The predicted molar refractivity (Wildman–Crippen MR) is 115 cm³/mol. The number of ether oxygens (including phenoxy) is 2. The van der Waals surface area contributed by atoms with Crippen LogP contribution in [0.4, 0.5) is 0 Å². The summed E-state index contributed by atoms with van der Waals surface area (Å²) in [5.74, 6) is 0.841. The Morgan fingerprint density at radius 3 is 2.45 bits per heavy atom. The molecule has 0 aliphatic heterocycles. The monoisotopic (exact) mass is 408 g/mol. The fourth-order valence-corrected chi connectivity index (χ4v) is 2.61. The van der Waals surface area contributed by atoms with Crippen LogP contribution < -0.4 is 14.9 Å². The first-order valence-corrected chi connectivity index (χ1v) is 9.45. The summed E-state index contributed by atoms with van der Waals surface area (Å²) in [6, 6.07) is 22.6. The summed E-state index contributed by atoms with van der Waals surface area (Å²) < 4.78 is 11.1. The number of carbonyl (C=O) groups is 1. The van der Waals surface area contributed by atoms with Crippen LogP contribution in [0.25, 0.3) is 0 Å². The maximum atomic E-state index is 11.8. The molecule has 29 heavy (non-hydrogen) atoms. The molecular weight excluding hydrogens is 388 g/mol. The number of rotatable bonds is 8. The van der Waals surface area contributed by atoms with Gasteiger partial charge >= 0.3 is 0 Å².